The number of halogens is 2. The van der Waals surface area contributed by atoms with Crippen molar-refractivity contribution in [2.24, 2.45) is 5.92 Å². The minimum absolute atomic E-state index is 0.109. The van der Waals surface area contributed by atoms with Crippen LogP contribution in [-0.4, -0.2) is 24.9 Å². The zero-order valence-corrected chi connectivity index (χ0v) is 15.2. The Bertz CT molecular complexity index is 790. The molecule has 3 rings (SSSR count). The molecule has 1 aromatic heterocycles. The largest absolute Gasteiger partial charge is 0.337 e. The predicted octanol–water partition coefficient (Wildman–Crippen LogP) is 3.38. The first-order valence-corrected chi connectivity index (χ1v) is 9.30. The van der Waals surface area contributed by atoms with Crippen molar-refractivity contribution in [3.8, 4) is 0 Å². The quantitative estimate of drug-likeness (QED) is 0.557. The van der Waals surface area contributed by atoms with Crippen molar-refractivity contribution >= 4 is 55.6 Å². The standard InChI is InChI=1S/C14H14BrClN4O2S/c15-10-7-17-14(16)19-13(10)18-11-3-1-2-4-12(11)20(23(21)22)8-9-5-6-9/h1-4,7,9,23H,5-6,8H2,(H,17,18,19). The summed E-state index contributed by atoms with van der Waals surface area (Å²) in [6.07, 6.45) is 3.68. The summed E-state index contributed by atoms with van der Waals surface area (Å²) in [5, 5.41) is 3.23. The summed E-state index contributed by atoms with van der Waals surface area (Å²) < 4.78 is 25.4. The van der Waals surface area contributed by atoms with Crippen molar-refractivity contribution in [1.29, 1.82) is 0 Å². The van der Waals surface area contributed by atoms with Gasteiger partial charge >= 0.3 is 0 Å². The number of para-hydroxylation sites is 2. The van der Waals surface area contributed by atoms with Crippen LogP contribution in [0.25, 0.3) is 0 Å². The highest BCUT2D eigenvalue weighted by atomic mass is 79.9. The van der Waals surface area contributed by atoms with Gasteiger partial charge in [0, 0.05) is 12.7 Å². The molecule has 0 radical (unpaired) electrons. The number of nitrogens with zero attached hydrogens (tertiary/aromatic N) is 3. The average molecular weight is 418 g/mol. The average Bonchev–Trinajstić information content (AvgIpc) is 3.33. The summed E-state index contributed by atoms with van der Waals surface area (Å²) in [7, 11) is -2.71. The molecule has 0 spiro atoms. The highest BCUT2D eigenvalue weighted by molar-refractivity contribution is 9.10. The van der Waals surface area contributed by atoms with Gasteiger partial charge in [0.25, 0.3) is 0 Å². The van der Waals surface area contributed by atoms with Crippen molar-refractivity contribution in [2.45, 2.75) is 12.8 Å². The van der Waals surface area contributed by atoms with Gasteiger partial charge in [-0.1, -0.05) is 12.1 Å². The van der Waals surface area contributed by atoms with Gasteiger partial charge in [-0.25, -0.2) is 13.4 Å². The van der Waals surface area contributed by atoms with Gasteiger partial charge in [0.15, 0.2) is 0 Å². The van der Waals surface area contributed by atoms with Crippen LogP contribution in [-0.2, 0) is 10.9 Å². The normalized spacial score (nSPS) is 14.0. The van der Waals surface area contributed by atoms with Crippen LogP contribution >= 0.6 is 27.5 Å². The molecule has 0 aliphatic heterocycles. The van der Waals surface area contributed by atoms with Crippen LogP contribution in [0.4, 0.5) is 17.2 Å². The molecule has 1 aliphatic carbocycles. The zero-order valence-electron chi connectivity index (χ0n) is 11.9. The van der Waals surface area contributed by atoms with E-state index in [0.29, 0.717) is 34.1 Å². The van der Waals surface area contributed by atoms with Gasteiger partial charge in [-0.2, -0.15) is 4.98 Å². The third-order valence-corrected chi connectivity index (χ3v) is 5.01. The molecular formula is C14H14BrClN4O2S. The van der Waals surface area contributed by atoms with Crippen LogP contribution < -0.4 is 9.62 Å². The third-order valence-electron chi connectivity index (χ3n) is 3.48. The van der Waals surface area contributed by atoms with Gasteiger partial charge in [-0.15, -0.1) is 0 Å². The van der Waals surface area contributed by atoms with Crippen LogP contribution in [0.5, 0.6) is 0 Å². The molecule has 122 valence electrons. The van der Waals surface area contributed by atoms with Crippen LogP contribution in [0.3, 0.4) is 0 Å². The van der Waals surface area contributed by atoms with Gasteiger partial charge in [0.1, 0.15) is 5.82 Å². The van der Waals surface area contributed by atoms with Gasteiger partial charge in [0.05, 0.1) is 15.8 Å². The maximum atomic E-state index is 11.7. The number of anilines is 3. The van der Waals surface area contributed by atoms with Gasteiger partial charge in [-0.3, -0.25) is 4.31 Å². The van der Waals surface area contributed by atoms with Gasteiger partial charge in [-0.05, 0) is 58.4 Å². The first-order valence-electron chi connectivity index (χ1n) is 7.00. The fourth-order valence-corrected chi connectivity index (χ4v) is 3.30. The summed E-state index contributed by atoms with van der Waals surface area (Å²) in [5.74, 6) is 0.918. The molecule has 0 atom stereocenters. The number of rotatable bonds is 6. The summed E-state index contributed by atoms with van der Waals surface area (Å²) >= 11 is 9.17. The molecule has 2 aromatic rings. The summed E-state index contributed by atoms with van der Waals surface area (Å²) in [6, 6.07) is 7.21. The van der Waals surface area contributed by atoms with Crippen molar-refractivity contribution in [3.05, 3.63) is 40.2 Å². The maximum Gasteiger partial charge on any atom is 0.225 e. The van der Waals surface area contributed by atoms with Gasteiger partial charge < -0.3 is 5.32 Å². The number of hydrogen-bond donors (Lipinski definition) is 2. The monoisotopic (exact) mass is 416 g/mol. The smallest absolute Gasteiger partial charge is 0.225 e. The molecule has 0 saturated heterocycles. The van der Waals surface area contributed by atoms with Crippen LogP contribution in [0, 0.1) is 5.92 Å². The number of aromatic nitrogens is 2. The van der Waals surface area contributed by atoms with E-state index in [1.54, 1.807) is 18.2 Å². The second-order valence-electron chi connectivity index (χ2n) is 5.24. The SMILES string of the molecule is O=[SH](=O)N(CC1CC1)c1ccccc1Nc1nc(Cl)ncc1Br. The van der Waals surface area contributed by atoms with Crippen molar-refractivity contribution in [3.63, 3.8) is 0 Å². The Labute approximate surface area is 149 Å². The van der Waals surface area contributed by atoms with Crippen molar-refractivity contribution in [1.82, 2.24) is 9.97 Å². The lowest BCUT2D eigenvalue weighted by Crippen LogP contribution is -2.24. The second-order valence-corrected chi connectivity index (χ2v) is 7.39. The van der Waals surface area contributed by atoms with Crippen LogP contribution in [0.2, 0.25) is 5.28 Å². The molecular weight excluding hydrogens is 404 g/mol. The summed E-state index contributed by atoms with van der Waals surface area (Å²) in [5.41, 5.74) is 1.24. The van der Waals surface area contributed by atoms with Crippen molar-refractivity contribution in [2.75, 3.05) is 16.2 Å². The van der Waals surface area contributed by atoms with Crippen LogP contribution in [0.15, 0.2) is 34.9 Å². The van der Waals surface area contributed by atoms with E-state index in [4.69, 9.17) is 11.6 Å². The van der Waals surface area contributed by atoms with E-state index in [2.05, 4.69) is 31.2 Å². The molecule has 1 heterocycles. The number of thiol groups is 1. The Kier molecular flexibility index (Phi) is 5.03. The fraction of sp³-hybridized carbons (Fsp3) is 0.286. The lowest BCUT2D eigenvalue weighted by Gasteiger charge is -2.21. The highest BCUT2D eigenvalue weighted by Crippen LogP contribution is 2.35. The maximum absolute atomic E-state index is 11.7. The molecule has 1 fully saturated rings. The molecule has 1 saturated carbocycles. The molecule has 6 nitrogen and oxygen atoms in total. The van der Waals surface area contributed by atoms with Crippen molar-refractivity contribution < 1.29 is 8.42 Å². The molecule has 0 amide bonds. The number of hydrogen-bond acceptors (Lipinski definition) is 5. The molecule has 0 unspecified atom stereocenters. The Morgan fingerprint density at radius 1 is 1.35 bits per heavy atom. The van der Waals surface area contributed by atoms with E-state index in [-0.39, 0.29) is 5.28 Å². The predicted molar refractivity (Wildman–Crippen MR) is 94.9 cm³/mol. The number of nitrogens with one attached hydrogen (secondary N) is 1. The molecule has 1 aromatic carbocycles. The lowest BCUT2D eigenvalue weighted by atomic mass is 10.2. The second kappa shape index (κ2) is 7.02. The van der Waals surface area contributed by atoms with Gasteiger partial charge in [0.2, 0.25) is 16.2 Å². The topological polar surface area (TPSA) is 75.2 Å². The first kappa shape index (κ1) is 16.5. The number of benzene rings is 1. The first-order chi connectivity index (χ1) is 11.0. The minimum Gasteiger partial charge on any atom is -0.337 e. The minimum atomic E-state index is -2.71. The summed E-state index contributed by atoms with van der Waals surface area (Å²) in [4.78, 5) is 7.99. The molecule has 23 heavy (non-hydrogen) atoms. The Balaban J connectivity index is 1.94. The fourth-order valence-electron chi connectivity index (χ4n) is 2.16. The lowest BCUT2D eigenvalue weighted by molar-refractivity contribution is 0.607. The van der Waals surface area contributed by atoms with Crippen LogP contribution in [0.1, 0.15) is 12.8 Å². The molecule has 0 bridgehead atoms. The van der Waals surface area contributed by atoms with E-state index in [1.165, 1.54) is 10.5 Å². The van der Waals surface area contributed by atoms with E-state index < -0.39 is 10.9 Å². The summed E-state index contributed by atoms with van der Waals surface area (Å²) in [6.45, 7) is 0.503. The molecule has 1 N–H and O–H groups in total. The van der Waals surface area contributed by atoms with E-state index in [1.807, 2.05) is 6.07 Å². The Morgan fingerprint density at radius 2 is 2.09 bits per heavy atom. The third kappa shape index (κ3) is 4.13. The molecule has 9 heteroatoms. The van der Waals surface area contributed by atoms with E-state index >= 15 is 0 Å². The Morgan fingerprint density at radius 3 is 2.78 bits per heavy atom. The zero-order chi connectivity index (χ0) is 16.4. The molecule has 1 aliphatic rings. The van der Waals surface area contributed by atoms with E-state index in [9.17, 15) is 8.42 Å². The highest BCUT2D eigenvalue weighted by Gasteiger charge is 2.26. The van der Waals surface area contributed by atoms with E-state index in [0.717, 1.165) is 12.8 Å². The Hall–Kier alpha value is -1.38.